The Labute approximate surface area is 126 Å². The van der Waals surface area contributed by atoms with Crippen LogP contribution in [-0.4, -0.2) is 36.1 Å². The fraction of sp³-hybridized carbons (Fsp3) is 1.00. The van der Waals surface area contributed by atoms with E-state index in [0.717, 1.165) is 5.92 Å². The van der Waals surface area contributed by atoms with Crippen LogP contribution >= 0.6 is 0 Å². The van der Waals surface area contributed by atoms with Crippen molar-refractivity contribution >= 4 is 0 Å². The molecule has 0 atom stereocenters. The Kier molecular flexibility index (Phi) is 5.18. The van der Waals surface area contributed by atoms with E-state index in [1.54, 1.807) is 0 Å². The van der Waals surface area contributed by atoms with E-state index in [9.17, 15) is 0 Å². The summed E-state index contributed by atoms with van der Waals surface area (Å²) < 4.78 is 0. The van der Waals surface area contributed by atoms with Crippen LogP contribution in [0.4, 0.5) is 0 Å². The van der Waals surface area contributed by atoms with E-state index in [1.807, 2.05) is 0 Å². The quantitative estimate of drug-likeness (QED) is 0.817. The molecule has 2 fully saturated rings. The van der Waals surface area contributed by atoms with E-state index < -0.39 is 0 Å². The van der Waals surface area contributed by atoms with Crippen LogP contribution in [0.3, 0.4) is 0 Å². The first-order valence-electron chi connectivity index (χ1n) is 8.81. The zero-order chi connectivity index (χ0) is 14.8. The average Bonchev–Trinajstić information content (AvgIpc) is 2.70. The fourth-order valence-corrected chi connectivity index (χ4v) is 4.05. The standard InChI is InChI=1S/C18H36N2/c1-15(2)19-13-18(10-7-16(3)8-11-18)14-20-12-6-9-17(20,4)5/h15-16,19H,6-14H2,1-5H3. The molecule has 0 spiro atoms. The molecule has 1 saturated heterocycles. The topological polar surface area (TPSA) is 15.3 Å². The van der Waals surface area contributed by atoms with Gasteiger partial charge in [0.05, 0.1) is 0 Å². The Morgan fingerprint density at radius 1 is 1.15 bits per heavy atom. The molecule has 20 heavy (non-hydrogen) atoms. The minimum absolute atomic E-state index is 0.424. The maximum atomic E-state index is 3.75. The molecule has 0 amide bonds. The predicted molar refractivity (Wildman–Crippen MR) is 88.1 cm³/mol. The lowest BCUT2D eigenvalue weighted by molar-refractivity contribution is 0.0536. The van der Waals surface area contributed by atoms with Gasteiger partial charge in [0.1, 0.15) is 0 Å². The van der Waals surface area contributed by atoms with E-state index in [2.05, 4.69) is 44.8 Å². The fourth-order valence-electron chi connectivity index (χ4n) is 4.05. The van der Waals surface area contributed by atoms with Crippen molar-refractivity contribution in [1.29, 1.82) is 0 Å². The number of hydrogen-bond donors (Lipinski definition) is 1. The molecule has 2 heteroatoms. The molecule has 1 aliphatic carbocycles. The molecule has 118 valence electrons. The van der Waals surface area contributed by atoms with Crippen molar-refractivity contribution in [2.24, 2.45) is 11.3 Å². The van der Waals surface area contributed by atoms with Crippen LogP contribution in [0.2, 0.25) is 0 Å². The molecule has 0 aromatic carbocycles. The van der Waals surface area contributed by atoms with Gasteiger partial charge < -0.3 is 5.32 Å². The Hall–Kier alpha value is -0.0800. The zero-order valence-electron chi connectivity index (χ0n) is 14.5. The monoisotopic (exact) mass is 280 g/mol. The predicted octanol–water partition coefficient (Wildman–Crippen LogP) is 4.06. The molecule has 2 rings (SSSR count). The van der Waals surface area contributed by atoms with Gasteiger partial charge in [0, 0.05) is 24.7 Å². The second-order valence-corrected chi connectivity index (χ2v) is 8.56. The van der Waals surface area contributed by atoms with Crippen LogP contribution in [0.5, 0.6) is 0 Å². The summed E-state index contributed by atoms with van der Waals surface area (Å²) in [7, 11) is 0. The van der Waals surface area contributed by atoms with Gasteiger partial charge in [-0.15, -0.1) is 0 Å². The van der Waals surface area contributed by atoms with Gasteiger partial charge in [0.2, 0.25) is 0 Å². The average molecular weight is 280 g/mol. The molecule has 2 aliphatic rings. The lowest BCUT2D eigenvalue weighted by Gasteiger charge is -2.45. The van der Waals surface area contributed by atoms with Gasteiger partial charge in [-0.3, -0.25) is 4.90 Å². The highest BCUT2D eigenvalue weighted by molar-refractivity contribution is 4.95. The molecule has 1 saturated carbocycles. The van der Waals surface area contributed by atoms with Gasteiger partial charge in [0.25, 0.3) is 0 Å². The van der Waals surface area contributed by atoms with E-state index in [-0.39, 0.29) is 0 Å². The minimum Gasteiger partial charge on any atom is -0.314 e. The van der Waals surface area contributed by atoms with Crippen LogP contribution in [0.1, 0.15) is 73.1 Å². The number of rotatable bonds is 5. The van der Waals surface area contributed by atoms with Crippen molar-refractivity contribution in [2.45, 2.75) is 84.7 Å². The van der Waals surface area contributed by atoms with Gasteiger partial charge in [-0.25, -0.2) is 0 Å². The second-order valence-electron chi connectivity index (χ2n) is 8.56. The van der Waals surface area contributed by atoms with Crippen molar-refractivity contribution in [3.63, 3.8) is 0 Å². The second kappa shape index (κ2) is 6.36. The van der Waals surface area contributed by atoms with Crippen LogP contribution < -0.4 is 5.32 Å². The smallest absolute Gasteiger partial charge is 0.0153 e. The summed E-state index contributed by atoms with van der Waals surface area (Å²) in [5, 5.41) is 3.75. The van der Waals surface area contributed by atoms with E-state index >= 15 is 0 Å². The molecule has 0 unspecified atom stereocenters. The molecule has 1 aliphatic heterocycles. The van der Waals surface area contributed by atoms with Crippen molar-refractivity contribution in [1.82, 2.24) is 10.2 Å². The van der Waals surface area contributed by atoms with E-state index in [0.29, 0.717) is 17.0 Å². The Morgan fingerprint density at radius 2 is 1.80 bits per heavy atom. The number of likely N-dealkylation sites (tertiary alicyclic amines) is 1. The summed E-state index contributed by atoms with van der Waals surface area (Å²) in [6.07, 6.45) is 8.44. The number of nitrogens with one attached hydrogen (secondary N) is 1. The molecule has 0 radical (unpaired) electrons. The summed E-state index contributed by atoms with van der Waals surface area (Å²) >= 11 is 0. The normalized spacial score (nSPS) is 34.8. The minimum atomic E-state index is 0.424. The lowest BCUT2D eigenvalue weighted by atomic mass is 9.70. The van der Waals surface area contributed by atoms with Crippen LogP contribution in [0, 0.1) is 11.3 Å². The summed E-state index contributed by atoms with van der Waals surface area (Å²) in [6, 6.07) is 0.609. The molecule has 2 nitrogen and oxygen atoms in total. The SMILES string of the molecule is CC1CCC(CNC(C)C)(CN2CCCC2(C)C)CC1. The molecular formula is C18H36N2. The largest absolute Gasteiger partial charge is 0.314 e. The van der Waals surface area contributed by atoms with Crippen molar-refractivity contribution in [3.8, 4) is 0 Å². The molecule has 1 heterocycles. The molecule has 1 N–H and O–H groups in total. The van der Waals surface area contributed by atoms with Crippen molar-refractivity contribution in [2.75, 3.05) is 19.6 Å². The van der Waals surface area contributed by atoms with Crippen molar-refractivity contribution < 1.29 is 0 Å². The number of hydrogen-bond acceptors (Lipinski definition) is 2. The maximum Gasteiger partial charge on any atom is 0.0153 e. The third-order valence-corrected chi connectivity index (χ3v) is 5.82. The molecule has 0 bridgehead atoms. The van der Waals surface area contributed by atoms with Gasteiger partial charge in [0.15, 0.2) is 0 Å². The van der Waals surface area contributed by atoms with Gasteiger partial charge in [-0.2, -0.15) is 0 Å². The van der Waals surface area contributed by atoms with Crippen molar-refractivity contribution in [3.05, 3.63) is 0 Å². The van der Waals surface area contributed by atoms with Gasteiger partial charge >= 0.3 is 0 Å². The first kappa shape index (κ1) is 16.3. The Morgan fingerprint density at radius 3 is 2.30 bits per heavy atom. The first-order valence-corrected chi connectivity index (χ1v) is 8.81. The van der Waals surface area contributed by atoms with E-state index in [4.69, 9.17) is 0 Å². The summed E-state index contributed by atoms with van der Waals surface area (Å²) in [5.74, 6) is 0.939. The van der Waals surface area contributed by atoms with Crippen LogP contribution in [0.15, 0.2) is 0 Å². The highest BCUT2D eigenvalue weighted by atomic mass is 15.2. The van der Waals surface area contributed by atoms with Gasteiger partial charge in [-0.1, -0.05) is 33.6 Å². The highest BCUT2D eigenvalue weighted by Crippen LogP contribution is 2.42. The summed E-state index contributed by atoms with van der Waals surface area (Å²) in [6.45, 7) is 15.7. The van der Waals surface area contributed by atoms with Crippen LogP contribution in [-0.2, 0) is 0 Å². The van der Waals surface area contributed by atoms with E-state index in [1.165, 1.54) is 58.2 Å². The highest BCUT2D eigenvalue weighted by Gasteiger charge is 2.40. The Balaban J connectivity index is 2.02. The molecule has 0 aromatic rings. The Bertz CT molecular complexity index is 301. The van der Waals surface area contributed by atoms with Crippen LogP contribution in [0.25, 0.3) is 0 Å². The third-order valence-electron chi connectivity index (χ3n) is 5.82. The third kappa shape index (κ3) is 3.98. The lowest BCUT2D eigenvalue weighted by Crippen LogP contribution is -2.51. The summed E-state index contributed by atoms with van der Waals surface area (Å²) in [5.41, 5.74) is 0.951. The molecule has 0 aromatic heterocycles. The first-order chi connectivity index (χ1) is 9.33. The maximum absolute atomic E-state index is 3.75. The number of nitrogens with zero attached hydrogens (tertiary/aromatic N) is 1. The molecular weight excluding hydrogens is 244 g/mol. The zero-order valence-corrected chi connectivity index (χ0v) is 14.5. The van der Waals surface area contributed by atoms with Gasteiger partial charge in [-0.05, 0) is 57.4 Å². The summed E-state index contributed by atoms with van der Waals surface area (Å²) in [4.78, 5) is 2.78.